The van der Waals surface area contributed by atoms with Crippen molar-refractivity contribution in [1.82, 2.24) is 15.0 Å². The zero-order valence-corrected chi connectivity index (χ0v) is 20.0. The van der Waals surface area contributed by atoms with E-state index in [9.17, 15) is 15.0 Å². The van der Waals surface area contributed by atoms with Gasteiger partial charge in [0.2, 0.25) is 0 Å². The average Bonchev–Trinajstić information content (AvgIpc) is 3.47. The first-order chi connectivity index (χ1) is 16.9. The third kappa shape index (κ3) is 4.09. The molecule has 0 spiro atoms. The van der Waals surface area contributed by atoms with E-state index in [0.29, 0.717) is 29.6 Å². The highest BCUT2D eigenvalue weighted by molar-refractivity contribution is 7.15. The molecule has 8 heteroatoms. The molecule has 0 saturated heterocycles. The fourth-order valence-corrected chi connectivity index (χ4v) is 5.78. The van der Waals surface area contributed by atoms with E-state index >= 15 is 0 Å². The molecule has 3 aromatic heterocycles. The van der Waals surface area contributed by atoms with Crippen molar-refractivity contribution < 1.29 is 15.0 Å². The number of aromatic nitrogens is 3. The van der Waals surface area contributed by atoms with Gasteiger partial charge in [0, 0.05) is 12.4 Å². The molecule has 7 nitrogen and oxygen atoms in total. The highest BCUT2D eigenvalue weighted by Crippen LogP contribution is 2.45. The summed E-state index contributed by atoms with van der Waals surface area (Å²) in [7, 11) is 0. The van der Waals surface area contributed by atoms with Gasteiger partial charge in [0.05, 0.1) is 16.1 Å². The Kier molecular flexibility index (Phi) is 5.16. The van der Waals surface area contributed by atoms with Gasteiger partial charge in [-0.15, -0.1) is 11.3 Å². The number of carbonyl (C=O) groups is 1. The SMILES string of the molecule is Cc1cc(Nc2cc(C3CC3)ccn2)nc(-c2cnc([C@@]3(O)CCc4cc(C(=O)O)ccc43)s2)c1. The standard InChI is InChI=1S/C27H24N4O3S/c1-15-10-21(30-24(11-15)31-23-13-17(7-9-28-23)16-2-3-16)22-14-29-26(35-22)27(34)8-6-18-12-19(25(32)33)4-5-20(18)27/h4-5,7,9-14,16,34H,2-3,6,8H2,1H3,(H,32,33)(H,28,30,31)/t27-/m1/s1. The second-order valence-electron chi connectivity index (χ2n) is 9.36. The molecule has 3 heterocycles. The first-order valence-electron chi connectivity index (χ1n) is 11.7. The van der Waals surface area contributed by atoms with Crippen LogP contribution in [0.25, 0.3) is 10.6 Å². The maximum absolute atomic E-state index is 11.5. The fraction of sp³-hybridized carbons (Fsp3) is 0.259. The molecule has 0 bridgehead atoms. The molecular weight excluding hydrogens is 460 g/mol. The Morgan fingerprint density at radius 2 is 1.97 bits per heavy atom. The first kappa shape index (κ1) is 21.9. The van der Waals surface area contributed by atoms with Crippen LogP contribution in [0.3, 0.4) is 0 Å². The molecule has 1 atom stereocenters. The summed E-state index contributed by atoms with van der Waals surface area (Å²) < 4.78 is 0. The van der Waals surface area contributed by atoms with Gasteiger partial charge in [-0.25, -0.2) is 19.7 Å². The number of fused-ring (bicyclic) bond motifs is 1. The molecule has 0 amide bonds. The summed E-state index contributed by atoms with van der Waals surface area (Å²) in [5, 5.41) is 24.8. The largest absolute Gasteiger partial charge is 0.478 e. The molecule has 2 aliphatic rings. The zero-order chi connectivity index (χ0) is 24.2. The maximum Gasteiger partial charge on any atom is 0.335 e. The molecule has 1 aromatic carbocycles. The lowest BCUT2D eigenvalue weighted by Crippen LogP contribution is -2.23. The third-order valence-electron chi connectivity index (χ3n) is 6.72. The summed E-state index contributed by atoms with van der Waals surface area (Å²) in [5.41, 5.74) is 3.72. The molecule has 35 heavy (non-hydrogen) atoms. The number of thiazole rings is 1. The third-order valence-corrected chi connectivity index (χ3v) is 7.90. The van der Waals surface area contributed by atoms with E-state index in [1.165, 1.54) is 35.8 Å². The second-order valence-corrected chi connectivity index (χ2v) is 10.4. The summed E-state index contributed by atoms with van der Waals surface area (Å²) in [6.45, 7) is 2.02. The molecule has 1 saturated carbocycles. The molecule has 0 radical (unpaired) electrons. The summed E-state index contributed by atoms with van der Waals surface area (Å²) >= 11 is 1.41. The Balaban J connectivity index is 1.29. The number of nitrogens with one attached hydrogen (secondary N) is 1. The number of hydrogen-bond donors (Lipinski definition) is 3. The van der Waals surface area contributed by atoms with Gasteiger partial charge in [-0.3, -0.25) is 0 Å². The van der Waals surface area contributed by atoms with Crippen LogP contribution in [0.4, 0.5) is 11.6 Å². The van der Waals surface area contributed by atoms with E-state index in [4.69, 9.17) is 4.98 Å². The maximum atomic E-state index is 11.5. The van der Waals surface area contributed by atoms with Crippen LogP contribution in [0.2, 0.25) is 0 Å². The van der Waals surface area contributed by atoms with Crippen molar-refractivity contribution in [3.63, 3.8) is 0 Å². The Bertz CT molecular complexity index is 1460. The van der Waals surface area contributed by atoms with Crippen molar-refractivity contribution in [2.75, 3.05) is 5.32 Å². The molecule has 4 aromatic rings. The first-order valence-corrected chi connectivity index (χ1v) is 12.5. The van der Waals surface area contributed by atoms with Gasteiger partial charge in [-0.1, -0.05) is 6.07 Å². The number of hydrogen-bond acceptors (Lipinski definition) is 7. The highest BCUT2D eigenvalue weighted by atomic mass is 32.1. The van der Waals surface area contributed by atoms with Crippen molar-refractivity contribution in [3.05, 3.63) is 87.7 Å². The Labute approximate surface area is 206 Å². The average molecular weight is 485 g/mol. The van der Waals surface area contributed by atoms with E-state index in [0.717, 1.165) is 33.1 Å². The minimum Gasteiger partial charge on any atom is -0.478 e. The van der Waals surface area contributed by atoms with Gasteiger partial charge in [0.1, 0.15) is 22.2 Å². The van der Waals surface area contributed by atoms with Crippen molar-refractivity contribution in [1.29, 1.82) is 0 Å². The number of carboxylic acid groups (broad SMARTS) is 1. The van der Waals surface area contributed by atoms with Gasteiger partial charge in [0.15, 0.2) is 0 Å². The zero-order valence-electron chi connectivity index (χ0n) is 19.2. The molecule has 3 N–H and O–H groups in total. The number of aryl methyl sites for hydroxylation is 2. The van der Waals surface area contributed by atoms with Gasteiger partial charge < -0.3 is 15.5 Å². The monoisotopic (exact) mass is 484 g/mol. The van der Waals surface area contributed by atoms with Crippen LogP contribution in [-0.4, -0.2) is 31.1 Å². The van der Waals surface area contributed by atoms with Crippen molar-refractivity contribution >= 4 is 28.9 Å². The van der Waals surface area contributed by atoms with E-state index in [2.05, 4.69) is 27.4 Å². The van der Waals surface area contributed by atoms with Crippen LogP contribution in [0, 0.1) is 6.92 Å². The predicted molar refractivity (Wildman–Crippen MR) is 134 cm³/mol. The molecule has 1 fully saturated rings. The number of carboxylic acids is 1. The smallest absolute Gasteiger partial charge is 0.335 e. The highest BCUT2D eigenvalue weighted by Gasteiger charge is 2.41. The van der Waals surface area contributed by atoms with Gasteiger partial charge in [0.25, 0.3) is 0 Å². The Morgan fingerprint density at radius 3 is 2.77 bits per heavy atom. The topological polar surface area (TPSA) is 108 Å². The lowest BCUT2D eigenvalue weighted by Gasteiger charge is -2.21. The van der Waals surface area contributed by atoms with Gasteiger partial charge in [-0.05, 0) is 97.2 Å². The number of rotatable bonds is 6. The summed E-state index contributed by atoms with van der Waals surface area (Å²) in [6.07, 6.45) is 7.13. The quantitative estimate of drug-likeness (QED) is 0.336. The number of anilines is 2. The van der Waals surface area contributed by atoms with Crippen LogP contribution in [0.1, 0.15) is 62.8 Å². The van der Waals surface area contributed by atoms with Crippen molar-refractivity contribution in [2.24, 2.45) is 0 Å². The molecule has 6 rings (SSSR count). The Morgan fingerprint density at radius 1 is 1.11 bits per heavy atom. The van der Waals surface area contributed by atoms with Crippen LogP contribution in [0.15, 0.2) is 54.9 Å². The number of benzene rings is 1. The minimum absolute atomic E-state index is 0.231. The number of nitrogens with zero attached hydrogens (tertiary/aromatic N) is 3. The van der Waals surface area contributed by atoms with E-state index in [1.54, 1.807) is 18.3 Å². The van der Waals surface area contributed by atoms with E-state index in [-0.39, 0.29) is 5.56 Å². The number of aliphatic hydroxyl groups is 1. The van der Waals surface area contributed by atoms with Crippen molar-refractivity contribution in [3.8, 4) is 10.6 Å². The summed E-state index contributed by atoms with van der Waals surface area (Å²) in [4.78, 5) is 26.0. The van der Waals surface area contributed by atoms with Crippen molar-refractivity contribution in [2.45, 2.75) is 44.1 Å². The molecular formula is C27H24N4O3S. The predicted octanol–water partition coefficient (Wildman–Crippen LogP) is 5.41. The minimum atomic E-state index is -1.23. The van der Waals surface area contributed by atoms with Gasteiger partial charge in [-0.2, -0.15) is 0 Å². The van der Waals surface area contributed by atoms with Crippen LogP contribution in [-0.2, 0) is 12.0 Å². The van der Waals surface area contributed by atoms with E-state index in [1.807, 2.05) is 25.3 Å². The summed E-state index contributed by atoms with van der Waals surface area (Å²) in [5.74, 6) is 1.17. The fourth-order valence-electron chi connectivity index (χ4n) is 4.77. The second kappa shape index (κ2) is 8.25. The lowest BCUT2D eigenvalue weighted by molar-refractivity contribution is 0.0695. The number of aromatic carboxylic acids is 1. The summed E-state index contributed by atoms with van der Waals surface area (Å²) in [6, 6.07) is 13.1. The van der Waals surface area contributed by atoms with Crippen LogP contribution < -0.4 is 5.32 Å². The molecule has 0 unspecified atom stereocenters. The van der Waals surface area contributed by atoms with Crippen LogP contribution in [0.5, 0.6) is 0 Å². The van der Waals surface area contributed by atoms with Gasteiger partial charge >= 0.3 is 5.97 Å². The van der Waals surface area contributed by atoms with E-state index < -0.39 is 11.6 Å². The molecule has 0 aliphatic heterocycles. The Hall–Kier alpha value is -3.62. The number of pyridine rings is 2. The normalized spacial score (nSPS) is 18.9. The van der Waals surface area contributed by atoms with Crippen LogP contribution >= 0.6 is 11.3 Å². The molecule has 2 aliphatic carbocycles. The lowest BCUT2D eigenvalue weighted by atomic mass is 9.96. The molecule has 176 valence electrons.